The average Bonchev–Trinajstić information content (AvgIpc) is 2.78. The van der Waals surface area contributed by atoms with Crippen LogP contribution in [0.5, 0.6) is 0 Å². The van der Waals surface area contributed by atoms with Crippen LogP contribution in [0.25, 0.3) is 12.2 Å². The van der Waals surface area contributed by atoms with E-state index in [1.165, 1.54) is 6.08 Å². The molecule has 0 saturated carbocycles. The van der Waals surface area contributed by atoms with Crippen LogP contribution in [0, 0.1) is 0 Å². The molecule has 2 aromatic carbocycles. The number of nitrogens with two attached hydrogens (primary N) is 1. The first kappa shape index (κ1) is 25.8. The summed E-state index contributed by atoms with van der Waals surface area (Å²) >= 11 is 4.71. The molecule has 3 N–H and O–H groups in total. The van der Waals surface area contributed by atoms with Crippen molar-refractivity contribution in [1.29, 1.82) is 0 Å². The van der Waals surface area contributed by atoms with E-state index in [2.05, 4.69) is 31.6 Å². The van der Waals surface area contributed by atoms with Gasteiger partial charge >= 0.3 is 0 Å². The molecular weight excluding hydrogens is 384 g/mol. The van der Waals surface area contributed by atoms with E-state index < -0.39 is 5.24 Å². The molecule has 2 aromatic rings. The summed E-state index contributed by atoms with van der Waals surface area (Å²) < 4.78 is 0. The summed E-state index contributed by atoms with van der Waals surface area (Å²) in [7, 11) is 0. The summed E-state index contributed by atoms with van der Waals surface area (Å²) in [5, 5.41) is 2.19. The van der Waals surface area contributed by atoms with Crippen LogP contribution in [0.4, 0.5) is 0 Å². The predicted molar refractivity (Wildman–Crippen MR) is 124 cm³/mol. The minimum absolute atomic E-state index is 0.155. The molecule has 0 aromatic heterocycles. The lowest BCUT2D eigenvalue weighted by Gasteiger charge is -2.02. The summed E-state index contributed by atoms with van der Waals surface area (Å²) in [5.41, 5.74) is 9.84. The highest BCUT2D eigenvalue weighted by Gasteiger charge is 1.95. The van der Waals surface area contributed by atoms with Gasteiger partial charge < -0.3 is 11.1 Å². The largest absolute Gasteiger partial charge is 0.348 e. The Bertz CT molecular complexity index is 810. The van der Waals surface area contributed by atoms with Crippen LogP contribution in [0.3, 0.4) is 0 Å². The molecule has 1 amide bonds. The van der Waals surface area contributed by atoms with E-state index in [0.717, 1.165) is 28.3 Å². The van der Waals surface area contributed by atoms with E-state index in [0.29, 0.717) is 13.1 Å². The Hall–Kier alpha value is -3.21. The molecule has 29 heavy (non-hydrogen) atoms. The molecule has 2 rings (SSSR count). The number of benzene rings is 2. The quantitative estimate of drug-likeness (QED) is 0.505. The average molecular weight is 411 g/mol. The van der Waals surface area contributed by atoms with E-state index in [1.807, 2.05) is 54.6 Å². The van der Waals surface area contributed by atoms with Crippen molar-refractivity contribution in [2.45, 2.75) is 13.1 Å². The first-order chi connectivity index (χ1) is 13.9. The second kappa shape index (κ2) is 15.8. The van der Waals surface area contributed by atoms with Gasteiger partial charge in [0.25, 0.3) is 0 Å². The Kier molecular flexibility index (Phi) is 14.1. The summed E-state index contributed by atoms with van der Waals surface area (Å²) in [6.45, 7) is 14.9. The lowest BCUT2D eigenvalue weighted by molar-refractivity contribution is -0.116. The van der Waals surface area contributed by atoms with Crippen molar-refractivity contribution in [2.24, 2.45) is 5.73 Å². The first-order valence-electron chi connectivity index (χ1n) is 8.75. The van der Waals surface area contributed by atoms with Crippen LogP contribution in [0.15, 0.2) is 87.0 Å². The van der Waals surface area contributed by atoms with Crippen LogP contribution in [-0.2, 0) is 22.7 Å². The van der Waals surface area contributed by atoms with Crippen molar-refractivity contribution in [3.63, 3.8) is 0 Å². The lowest BCUT2D eigenvalue weighted by Crippen LogP contribution is -2.19. The maximum atomic E-state index is 10.9. The fraction of sp³-hybridized carbons (Fsp3) is 0.0833. The molecule has 0 bridgehead atoms. The maximum Gasteiger partial charge on any atom is 0.244 e. The monoisotopic (exact) mass is 410 g/mol. The molecule has 5 heteroatoms. The Morgan fingerprint density at radius 3 is 1.55 bits per heavy atom. The third kappa shape index (κ3) is 12.7. The number of halogens is 1. The zero-order valence-electron chi connectivity index (χ0n) is 16.4. The third-order valence-corrected chi connectivity index (χ3v) is 3.63. The molecule has 0 aliphatic heterocycles. The van der Waals surface area contributed by atoms with Gasteiger partial charge in [0.1, 0.15) is 0 Å². The molecule has 0 heterocycles. The topological polar surface area (TPSA) is 72.2 Å². The molecule has 152 valence electrons. The van der Waals surface area contributed by atoms with Crippen molar-refractivity contribution in [3.8, 4) is 0 Å². The van der Waals surface area contributed by atoms with E-state index in [4.69, 9.17) is 17.3 Å². The van der Waals surface area contributed by atoms with Gasteiger partial charge in [-0.05, 0) is 46.0 Å². The van der Waals surface area contributed by atoms with Crippen LogP contribution in [0.2, 0.25) is 0 Å². The highest BCUT2D eigenvalue weighted by Crippen LogP contribution is 2.05. The minimum atomic E-state index is -0.509. The number of allylic oxidation sites excluding steroid dienone is 1. The summed E-state index contributed by atoms with van der Waals surface area (Å²) in [6.07, 6.45) is 5.91. The van der Waals surface area contributed by atoms with Gasteiger partial charge in [-0.25, -0.2) is 0 Å². The standard InChI is InChI=1S/C12H13NO.C9H11N.C3H3ClO/c1-3-10-5-7-11(8-6-10)9-13-12(14)4-2;1-2-8-3-5-9(7-10)6-4-8;1-2-3(4)5/h3-8H,1-2,9H2,(H,13,14);2-6H,1,7,10H2;2H,1H2. The van der Waals surface area contributed by atoms with Gasteiger partial charge in [0.2, 0.25) is 11.1 Å². The summed E-state index contributed by atoms with van der Waals surface area (Å²) in [5.74, 6) is -0.155. The molecule has 0 aliphatic carbocycles. The van der Waals surface area contributed by atoms with E-state index in [1.54, 1.807) is 6.08 Å². The number of nitrogens with one attached hydrogen (secondary N) is 1. The number of hydrogen-bond donors (Lipinski definition) is 2. The predicted octanol–water partition coefficient (Wildman–Crippen LogP) is 4.86. The molecule has 0 radical (unpaired) electrons. The highest BCUT2D eigenvalue weighted by atomic mass is 35.5. The second-order valence-electron chi connectivity index (χ2n) is 5.53. The Morgan fingerprint density at radius 1 is 0.828 bits per heavy atom. The SMILES string of the molecule is C=CC(=O)Cl.C=CC(=O)NCc1ccc(C=C)cc1.C=Cc1ccc(CN)cc1. The van der Waals surface area contributed by atoms with E-state index in [-0.39, 0.29) is 5.91 Å². The number of amides is 1. The molecule has 0 atom stereocenters. The fourth-order valence-corrected chi connectivity index (χ4v) is 1.82. The van der Waals surface area contributed by atoms with Crippen LogP contribution < -0.4 is 11.1 Å². The van der Waals surface area contributed by atoms with Gasteiger partial charge in [0, 0.05) is 13.1 Å². The summed E-state index contributed by atoms with van der Waals surface area (Å²) in [4.78, 5) is 20.3. The van der Waals surface area contributed by atoms with Crippen molar-refractivity contribution >= 4 is 34.9 Å². The fourth-order valence-electron chi connectivity index (χ4n) is 1.82. The Balaban J connectivity index is 0.000000455. The van der Waals surface area contributed by atoms with Gasteiger partial charge in [-0.2, -0.15) is 0 Å². The normalized spacial score (nSPS) is 8.76. The van der Waals surface area contributed by atoms with Gasteiger partial charge in [-0.15, -0.1) is 0 Å². The van der Waals surface area contributed by atoms with Gasteiger partial charge in [0.05, 0.1) is 0 Å². The Labute approximate surface area is 178 Å². The molecule has 0 fully saturated rings. The third-order valence-electron chi connectivity index (χ3n) is 3.48. The van der Waals surface area contributed by atoms with E-state index >= 15 is 0 Å². The van der Waals surface area contributed by atoms with Gasteiger partial charge in [-0.3, -0.25) is 9.59 Å². The number of carbonyl (C=O) groups excluding carboxylic acids is 2. The Morgan fingerprint density at radius 2 is 1.24 bits per heavy atom. The second-order valence-corrected chi connectivity index (χ2v) is 5.90. The number of rotatable bonds is 7. The highest BCUT2D eigenvalue weighted by molar-refractivity contribution is 6.66. The minimum Gasteiger partial charge on any atom is -0.348 e. The van der Waals surface area contributed by atoms with E-state index in [9.17, 15) is 9.59 Å². The summed E-state index contributed by atoms with van der Waals surface area (Å²) in [6, 6.07) is 15.9. The van der Waals surface area contributed by atoms with Crippen molar-refractivity contribution in [2.75, 3.05) is 0 Å². The number of hydrogen-bond acceptors (Lipinski definition) is 3. The van der Waals surface area contributed by atoms with Crippen LogP contribution in [0.1, 0.15) is 22.3 Å². The molecule has 0 unspecified atom stereocenters. The molecule has 4 nitrogen and oxygen atoms in total. The number of carbonyl (C=O) groups is 2. The maximum absolute atomic E-state index is 10.9. The molecule has 0 saturated heterocycles. The zero-order chi connectivity index (χ0) is 22.1. The van der Waals surface area contributed by atoms with Gasteiger partial charge in [-0.1, -0.05) is 87.0 Å². The van der Waals surface area contributed by atoms with Crippen molar-refractivity contribution in [3.05, 3.63) is 109 Å². The van der Waals surface area contributed by atoms with Crippen LogP contribution >= 0.6 is 11.6 Å². The van der Waals surface area contributed by atoms with Crippen LogP contribution in [-0.4, -0.2) is 11.1 Å². The molecule has 0 spiro atoms. The van der Waals surface area contributed by atoms with Gasteiger partial charge in [0.15, 0.2) is 0 Å². The lowest BCUT2D eigenvalue weighted by atomic mass is 10.1. The molecule has 0 aliphatic rings. The zero-order valence-corrected chi connectivity index (χ0v) is 17.2. The van der Waals surface area contributed by atoms with Crippen molar-refractivity contribution < 1.29 is 9.59 Å². The molecular formula is C24H27ClN2O2. The smallest absolute Gasteiger partial charge is 0.244 e. The first-order valence-corrected chi connectivity index (χ1v) is 9.12. The van der Waals surface area contributed by atoms with Crippen molar-refractivity contribution in [1.82, 2.24) is 5.32 Å².